The van der Waals surface area contributed by atoms with Crippen molar-refractivity contribution < 1.29 is 89.4 Å². The summed E-state index contributed by atoms with van der Waals surface area (Å²) < 4.78 is 34.2. The van der Waals surface area contributed by atoms with Gasteiger partial charge in [-0.25, -0.2) is 0 Å². The van der Waals surface area contributed by atoms with Crippen LogP contribution in [0.4, 0.5) is 0 Å². The molecule has 0 radical (unpaired) electrons. The van der Waals surface area contributed by atoms with Gasteiger partial charge >= 0.3 is 0 Å². The maximum Gasteiger partial charge on any atom is 0.220 e. The van der Waals surface area contributed by atoms with E-state index in [1.807, 2.05) is 6.08 Å². The van der Waals surface area contributed by atoms with Gasteiger partial charge in [0.2, 0.25) is 5.91 Å². The Kier molecular flexibility index (Phi) is 52.0. The van der Waals surface area contributed by atoms with Gasteiger partial charge in [-0.3, -0.25) is 4.79 Å². The molecule has 1 amide bonds. The first-order chi connectivity index (χ1) is 45.8. The molecule has 0 aromatic rings. The van der Waals surface area contributed by atoms with Crippen LogP contribution in [0.25, 0.3) is 0 Å². The average Bonchev–Trinajstić information content (AvgIpc) is 0.791. The first-order valence-corrected chi connectivity index (χ1v) is 38.2. The van der Waals surface area contributed by atoms with E-state index in [2.05, 4.69) is 43.5 Å². The van der Waals surface area contributed by atoms with Crippen LogP contribution in [-0.4, -0.2) is 193 Å². The molecule has 0 bridgehead atoms. The predicted molar refractivity (Wildman–Crippen MR) is 369 cm³/mol. The lowest BCUT2D eigenvalue weighted by atomic mass is 9.96. The zero-order valence-corrected chi connectivity index (χ0v) is 58.7. The second-order valence-electron chi connectivity index (χ2n) is 27.5. The number of aliphatic hydroxyl groups is 11. The van der Waals surface area contributed by atoms with Crippen molar-refractivity contribution in [3.8, 4) is 0 Å². The molecule has 0 aliphatic carbocycles. The van der Waals surface area contributed by atoms with Gasteiger partial charge in [-0.1, -0.05) is 281 Å². The van der Waals surface area contributed by atoms with E-state index < -0.39 is 124 Å². The van der Waals surface area contributed by atoms with E-state index >= 15 is 0 Å². The van der Waals surface area contributed by atoms with Gasteiger partial charge in [0.15, 0.2) is 18.9 Å². The van der Waals surface area contributed by atoms with Gasteiger partial charge in [-0.05, 0) is 51.4 Å². The molecular formula is C75H139NO18. The smallest absolute Gasteiger partial charge is 0.220 e. The first-order valence-electron chi connectivity index (χ1n) is 38.2. The summed E-state index contributed by atoms with van der Waals surface area (Å²) in [6.45, 7) is 1.64. The van der Waals surface area contributed by atoms with E-state index in [4.69, 9.17) is 28.4 Å². The zero-order valence-electron chi connectivity index (χ0n) is 58.7. The number of amides is 1. The van der Waals surface area contributed by atoms with Crippen molar-refractivity contribution in [2.75, 3.05) is 26.4 Å². The zero-order chi connectivity index (χ0) is 68.2. The minimum atomic E-state index is -1.98. The Labute approximate surface area is 568 Å². The molecule has 3 fully saturated rings. The summed E-state index contributed by atoms with van der Waals surface area (Å²) in [7, 11) is 0. The predicted octanol–water partition coefficient (Wildman–Crippen LogP) is 11.6. The van der Waals surface area contributed by atoms with Gasteiger partial charge in [0.1, 0.15) is 73.2 Å². The largest absolute Gasteiger partial charge is 0.394 e. The van der Waals surface area contributed by atoms with E-state index in [0.29, 0.717) is 12.8 Å². The van der Waals surface area contributed by atoms with Crippen LogP contribution in [0.5, 0.6) is 0 Å². The van der Waals surface area contributed by atoms with Crippen molar-refractivity contribution in [2.45, 2.75) is 407 Å². The van der Waals surface area contributed by atoms with E-state index in [9.17, 15) is 61.0 Å². The third-order valence-electron chi connectivity index (χ3n) is 19.2. The molecule has 552 valence electrons. The number of nitrogens with one attached hydrogen (secondary N) is 1. The van der Waals surface area contributed by atoms with Crippen LogP contribution in [0.1, 0.15) is 303 Å². The average molecular weight is 1340 g/mol. The number of hydrogen-bond acceptors (Lipinski definition) is 18. The normalized spacial score (nSPS) is 27.5. The van der Waals surface area contributed by atoms with Crippen molar-refractivity contribution in [1.29, 1.82) is 0 Å². The first kappa shape index (κ1) is 86.2. The molecule has 3 saturated heterocycles. The molecule has 12 N–H and O–H groups in total. The van der Waals surface area contributed by atoms with Gasteiger partial charge < -0.3 is 89.9 Å². The number of carbonyl (C=O) groups is 1. The molecule has 3 aliphatic heterocycles. The third kappa shape index (κ3) is 37.4. The number of allylic oxidation sites excluding steroid dienone is 5. The summed E-state index contributed by atoms with van der Waals surface area (Å²) in [5, 5.41) is 120. The van der Waals surface area contributed by atoms with Crippen LogP contribution < -0.4 is 5.32 Å². The molecule has 0 spiro atoms. The maximum atomic E-state index is 13.3. The quantitative estimate of drug-likeness (QED) is 0.0199. The highest BCUT2D eigenvalue weighted by Crippen LogP contribution is 2.33. The Morgan fingerprint density at radius 3 is 1.10 bits per heavy atom. The van der Waals surface area contributed by atoms with Crippen molar-refractivity contribution in [1.82, 2.24) is 5.32 Å². The van der Waals surface area contributed by atoms with Crippen molar-refractivity contribution in [3.05, 3.63) is 36.5 Å². The lowest BCUT2D eigenvalue weighted by Crippen LogP contribution is -2.66. The minimum Gasteiger partial charge on any atom is -0.394 e. The highest BCUT2D eigenvalue weighted by Gasteiger charge is 2.53. The lowest BCUT2D eigenvalue weighted by Gasteiger charge is -2.48. The topological polar surface area (TPSA) is 307 Å². The summed E-state index contributed by atoms with van der Waals surface area (Å²) in [5.74, 6) is -0.284. The lowest BCUT2D eigenvalue weighted by molar-refractivity contribution is -0.379. The van der Waals surface area contributed by atoms with Crippen LogP contribution in [-0.2, 0) is 33.2 Å². The molecule has 3 rings (SSSR count). The summed E-state index contributed by atoms with van der Waals surface area (Å²) in [6.07, 6.45) is 42.4. The molecule has 0 aromatic heterocycles. The number of rotatable bonds is 60. The fraction of sp³-hybridized carbons (Fsp3) is 0.907. The molecule has 3 heterocycles. The van der Waals surface area contributed by atoms with Gasteiger partial charge in [0.05, 0.1) is 38.6 Å². The Hall–Kier alpha value is -1.99. The van der Waals surface area contributed by atoms with Crippen molar-refractivity contribution in [2.24, 2.45) is 0 Å². The Bertz CT molecular complexity index is 1840. The van der Waals surface area contributed by atoms with Gasteiger partial charge in [-0.2, -0.15) is 0 Å². The standard InChI is InChI=1S/C75H139NO18/c1-3-5-7-9-11-13-14-15-16-17-18-19-20-21-22-23-24-25-26-27-28-29-30-31-32-33-34-35-36-37-38-39-40-41-42-43-44-45-47-49-51-53-63(81)76-58(59(80)52-50-48-46-12-10-8-6-4-2)57-89-73-69(87)66(84)71(61(55-78)91-73)94-75-70(88)67(85)72(62(56-79)92-75)93-74-68(86)65(83)64(82)60(54-77)90-74/h10,12,17-18,50,52,58-62,64-75,77-80,82-88H,3-9,11,13-16,19-49,51,53-57H2,1-2H3,(H,76,81)/b12-10+,18-17-,52-50+. The highest BCUT2D eigenvalue weighted by atomic mass is 16.8. The number of ether oxygens (including phenoxy) is 6. The van der Waals surface area contributed by atoms with Crippen molar-refractivity contribution >= 4 is 5.91 Å². The molecule has 0 saturated carbocycles. The van der Waals surface area contributed by atoms with Crippen molar-refractivity contribution in [3.63, 3.8) is 0 Å². The fourth-order valence-corrected chi connectivity index (χ4v) is 13.0. The highest BCUT2D eigenvalue weighted by molar-refractivity contribution is 5.76. The molecule has 19 nitrogen and oxygen atoms in total. The minimum absolute atomic E-state index is 0.239. The molecule has 3 aliphatic rings. The SMILES string of the molecule is CCCC/C=C/CC/C=C/C(O)C(COC1OC(CO)C(OC2OC(CO)C(OC3OC(CO)C(O)C(O)C3O)C(O)C2O)C(O)C1O)NC(=O)CCCCCCCCCCCCCCCCCCCCCCCCCCCCCCC/C=C\CCCCCCCCCC. The molecule has 19 heteroatoms. The molecule has 94 heavy (non-hydrogen) atoms. The number of aliphatic hydroxyl groups excluding tert-OH is 11. The van der Waals surface area contributed by atoms with E-state index in [0.717, 1.165) is 44.9 Å². The van der Waals surface area contributed by atoms with Crippen LogP contribution in [0.3, 0.4) is 0 Å². The Morgan fingerprint density at radius 1 is 0.372 bits per heavy atom. The fourth-order valence-electron chi connectivity index (χ4n) is 13.0. The van der Waals surface area contributed by atoms with Crippen LogP contribution >= 0.6 is 0 Å². The van der Waals surface area contributed by atoms with Crippen LogP contribution in [0.2, 0.25) is 0 Å². The second-order valence-corrected chi connectivity index (χ2v) is 27.5. The van der Waals surface area contributed by atoms with Crippen LogP contribution in [0, 0.1) is 0 Å². The molecular weight excluding hydrogens is 1200 g/mol. The monoisotopic (exact) mass is 1340 g/mol. The number of hydrogen-bond donors (Lipinski definition) is 12. The van der Waals surface area contributed by atoms with E-state index in [1.165, 1.54) is 225 Å². The summed E-state index contributed by atoms with van der Waals surface area (Å²) in [6, 6.07) is -0.985. The van der Waals surface area contributed by atoms with Crippen LogP contribution in [0.15, 0.2) is 36.5 Å². The summed E-state index contributed by atoms with van der Waals surface area (Å²) >= 11 is 0. The maximum absolute atomic E-state index is 13.3. The summed E-state index contributed by atoms with van der Waals surface area (Å²) in [5.41, 5.74) is 0. The third-order valence-corrected chi connectivity index (χ3v) is 19.2. The molecule has 17 atom stereocenters. The number of unbranched alkanes of at least 4 members (excludes halogenated alkanes) is 40. The van der Waals surface area contributed by atoms with Gasteiger partial charge in [0, 0.05) is 6.42 Å². The second kappa shape index (κ2) is 56.7. The van der Waals surface area contributed by atoms with E-state index in [1.54, 1.807) is 6.08 Å². The molecule has 17 unspecified atom stereocenters. The molecule has 0 aromatic carbocycles. The van der Waals surface area contributed by atoms with Gasteiger partial charge in [-0.15, -0.1) is 0 Å². The summed E-state index contributed by atoms with van der Waals surface area (Å²) in [4.78, 5) is 13.3. The van der Waals surface area contributed by atoms with Gasteiger partial charge in [0.25, 0.3) is 0 Å². The number of carbonyl (C=O) groups excluding carboxylic acids is 1. The Balaban J connectivity index is 1.22. The van der Waals surface area contributed by atoms with E-state index in [-0.39, 0.29) is 18.9 Å². The Morgan fingerprint density at radius 2 is 0.691 bits per heavy atom.